The van der Waals surface area contributed by atoms with Crippen LogP contribution in [0.3, 0.4) is 0 Å². The van der Waals surface area contributed by atoms with E-state index in [1.165, 1.54) is 54.3 Å². The van der Waals surface area contributed by atoms with Gasteiger partial charge in [0, 0.05) is 22.3 Å². The number of carbonyl (C=O) groups is 2. The quantitative estimate of drug-likeness (QED) is 0.439. The highest BCUT2D eigenvalue weighted by molar-refractivity contribution is 5.95. The summed E-state index contributed by atoms with van der Waals surface area (Å²) in [5, 5.41) is 9.89. The molecule has 1 aromatic heterocycles. The van der Waals surface area contributed by atoms with Gasteiger partial charge in [0.1, 0.15) is 12.6 Å². The Kier molecular flexibility index (Phi) is 6.74. The summed E-state index contributed by atoms with van der Waals surface area (Å²) in [6.45, 7) is 1.07. The van der Waals surface area contributed by atoms with E-state index in [1.807, 2.05) is 0 Å². The molecule has 0 radical (unpaired) electrons. The van der Waals surface area contributed by atoms with Crippen molar-refractivity contribution >= 4 is 28.5 Å². The number of aliphatic hydroxyl groups excluding tert-OH is 1. The van der Waals surface area contributed by atoms with Crippen molar-refractivity contribution in [3.05, 3.63) is 64.4 Å². The first kappa shape index (κ1) is 25.2. The minimum absolute atomic E-state index is 0.00560. The molecule has 2 heterocycles. The lowest BCUT2D eigenvalue weighted by atomic mass is 10.0. The predicted octanol–water partition coefficient (Wildman–Crippen LogP) is 2.79. The van der Waals surface area contributed by atoms with E-state index in [4.69, 9.17) is 15.2 Å². The SMILES string of the molecule is C[C@@H](O)[C@H](N)C(=O)OC[C@@H]1CN(c2ccc3cc(-c4ccccc4C(F)(F)F)[nH]c(=O)c3c2)C(=O)O1. The number of benzene rings is 2. The first-order valence-electron chi connectivity index (χ1n) is 10.9. The van der Waals surface area contributed by atoms with Crippen LogP contribution >= 0.6 is 0 Å². The lowest BCUT2D eigenvalue weighted by Crippen LogP contribution is -2.42. The molecule has 3 atom stereocenters. The van der Waals surface area contributed by atoms with Gasteiger partial charge in [0.2, 0.25) is 0 Å². The van der Waals surface area contributed by atoms with E-state index in [0.717, 1.165) is 6.07 Å². The number of aromatic nitrogens is 1. The molecule has 0 aliphatic carbocycles. The Hall–Kier alpha value is -3.90. The highest BCUT2D eigenvalue weighted by atomic mass is 19.4. The van der Waals surface area contributed by atoms with Gasteiger partial charge in [-0.3, -0.25) is 14.5 Å². The highest BCUT2D eigenvalue weighted by Crippen LogP contribution is 2.36. The van der Waals surface area contributed by atoms with Gasteiger partial charge in [-0.05, 0) is 36.6 Å². The first-order chi connectivity index (χ1) is 17.0. The van der Waals surface area contributed by atoms with Crippen molar-refractivity contribution < 1.29 is 37.3 Å². The molecule has 0 spiro atoms. The van der Waals surface area contributed by atoms with Crippen molar-refractivity contribution in [1.82, 2.24) is 4.98 Å². The molecule has 4 N–H and O–H groups in total. The average Bonchev–Trinajstić information content (AvgIpc) is 3.21. The van der Waals surface area contributed by atoms with E-state index in [2.05, 4.69) is 4.98 Å². The molecule has 3 aromatic rings. The number of halogens is 3. The third-order valence-electron chi connectivity index (χ3n) is 5.74. The van der Waals surface area contributed by atoms with Gasteiger partial charge in [0.25, 0.3) is 5.56 Å². The van der Waals surface area contributed by atoms with Crippen LogP contribution in [0.1, 0.15) is 12.5 Å². The molecule has 2 aromatic carbocycles. The number of cyclic esters (lactones) is 1. The minimum Gasteiger partial charge on any atom is -0.460 e. The normalized spacial score (nSPS) is 17.7. The standard InChI is InChI=1S/C24H22F3N3O6/c1-12(31)20(28)22(33)35-11-15-10-30(23(34)36-15)14-7-6-13-8-19(29-21(32)17(13)9-14)16-4-2-3-5-18(16)24(25,26)27/h2-9,12,15,20,31H,10-11,28H2,1H3,(H,29,32)/t12-,15+,20+/m1/s1. The molecule has 36 heavy (non-hydrogen) atoms. The zero-order valence-corrected chi connectivity index (χ0v) is 18.9. The second-order valence-electron chi connectivity index (χ2n) is 8.34. The van der Waals surface area contributed by atoms with E-state index in [1.54, 1.807) is 0 Å². The van der Waals surface area contributed by atoms with Gasteiger partial charge in [0.05, 0.1) is 18.2 Å². The molecule has 190 valence electrons. The number of fused-ring (bicyclic) bond motifs is 1. The molecule has 1 amide bonds. The molecule has 1 aliphatic heterocycles. The van der Waals surface area contributed by atoms with E-state index in [-0.39, 0.29) is 29.8 Å². The first-order valence-corrected chi connectivity index (χ1v) is 10.9. The van der Waals surface area contributed by atoms with Crippen molar-refractivity contribution in [3.63, 3.8) is 0 Å². The highest BCUT2D eigenvalue weighted by Gasteiger charge is 2.35. The van der Waals surface area contributed by atoms with E-state index in [9.17, 15) is 32.7 Å². The van der Waals surface area contributed by atoms with Crippen molar-refractivity contribution in [2.75, 3.05) is 18.1 Å². The molecular formula is C24H22F3N3O6. The van der Waals surface area contributed by atoms with Crippen LogP contribution in [0.2, 0.25) is 0 Å². The zero-order chi connectivity index (χ0) is 26.2. The Labute approximate surface area is 202 Å². The molecule has 4 rings (SSSR count). The second-order valence-corrected chi connectivity index (χ2v) is 8.34. The second kappa shape index (κ2) is 9.63. The Morgan fingerprint density at radius 1 is 1.25 bits per heavy atom. The number of amides is 1. The predicted molar refractivity (Wildman–Crippen MR) is 123 cm³/mol. The fourth-order valence-corrected chi connectivity index (χ4v) is 3.81. The number of esters is 1. The fourth-order valence-electron chi connectivity index (χ4n) is 3.81. The number of nitrogens with two attached hydrogens (primary N) is 1. The van der Waals surface area contributed by atoms with Crippen LogP contribution in [0.15, 0.2) is 53.3 Å². The maximum absolute atomic E-state index is 13.4. The van der Waals surface area contributed by atoms with Crippen LogP contribution in [-0.4, -0.2) is 53.6 Å². The summed E-state index contributed by atoms with van der Waals surface area (Å²) in [5.74, 6) is -0.848. The molecule has 9 nitrogen and oxygen atoms in total. The number of ether oxygens (including phenoxy) is 2. The Balaban J connectivity index is 1.57. The molecule has 1 fully saturated rings. The summed E-state index contributed by atoms with van der Waals surface area (Å²) in [6, 6.07) is 9.58. The van der Waals surface area contributed by atoms with Crippen LogP contribution in [0, 0.1) is 0 Å². The van der Waals surface area contributed by atoms with Crippen LogP contribution in [-0.2, 0) is 20.4 Å². The summed E-state index contributed by atoms with van der Waals surface area (Å²) in [7, 11) is 0. The summed E-state index contributed by atoms with van der Waals surface area (Å²) in [6.07, 6.45) is -7.26. The zero-order valence-electron chi connectivity index (χ0n) is 18.9. The average molecular weight is 505 g/mol. The lowest BCUT2D eigenvalue weighted by molar-refractivity contribution is -0.150. The van der Waals surface area contributed by atoms with Gasteiger partial charge >= 0.3 is 18.2 Å². The molecule has 0 unspecified atom stereocenters. The molecule has 1 saturated heterocycles. The van der Waals surface area contributed by atoms with Crippen LogP contribution in [0.5, 0.6) is 0 Å². The number of hydrogen-bond donors (Lipinski definition) is 3. The number of anilines is 1. The van der Waals surface area contributed by atoms with Crippen LogP contribution < -0.4 is 16.2 Å². The maximum atomic E-state index is 13.4. The van der Waals surface area contributed by atoms with Gasteiger partial charge in [-0.1, -0.05) is 24.3 Å². The summed E-state index contributed by atoms with van der Waals surface area (Å²) >= 11 is 0. The number of rotatable bonds is 6. The van der Waals surface area contributed by atoms with Crippen molar-refractivity contribution in [3.8, 4) is 11.3 Å². The molecule has 12 heteroatoms. The fraction of sp³-hybridized carbons (Fsp3) is 0.292. The monoisotopic (exact) mass is 505 g/mol. The van der Waals surface area contributed by atoms with E-state index in [0.29, 0.717) is 11.1 Å². The largest absolute Gasteiger partial charge is 0.460 e. The number of aromatic amines is 1. The third kappa shape index (κ3) is 5.04. The lowest BCUT2D eigenvalue weighted by Gasteiger charge is -2.16. The van der Waals surface area contributed by atoms with E-state index < -0.39 is 47.6 Å². The molecule has 1 aliphatic rings. The van der Waals surface area contributed by atoms with Gasteiger partial charge in [-0.25, -0.2) is 4.79 Å². The van der Waals surface area contributed by atoms with Gasteiger partial charge in [-0.2, -0.15) is 13.2 Å². The number of nitrogens with zero attached hydrogens (tertiary/aromatic N) is 1. The smallest absolute Gasteiger partial charge is 0.417 e. The summed E-state index contributed by atoms with van der Waals surface area (Å²) in [5.41, 5.74) is 4.15. The topological polar surface area (TPSA) is 135 Å². The summed E-state index contributed by atoms with van der Waals surface area (Å²) < 4.78 is 50.5. The van der Waals surface area contributed by atoms with E-state index >= 15 is 0 Å². The summed E-state index contributed by atoms with van der Waals surface area (Å²) in [4.78, 5) is 40.7. The van der Waals surface area contributed by atoms with Crippen molar-refractivity contribution in [1.29, 1.82) is 0 Å². The number of H-pyrrole nitrogens is 1. The number of pyridine rings is 1. The molecule has 0 bridgehead atoms. The number of nitrogens with one attached hydrogen (secondary N) is 1. The Morgan fingerprint density at radius 2 is 1.97 bits per heavy atom. The Morgan fingerprint density at radius 3 is 2.67 bits per heavy atom. The number of carbonyl (C=O) groups excluding carboxylic acids is 2. The number of hydrogen-bond acceptors (Lipinski definition) is 7. The third-order valence-corrected chi connectivity index (χ3v) is 5.74. The molecular weight excluding hydrogens is 483 g/mol. The van der Waals surface area contributed by atoms with Gasteiger partial charge < -0.3 is 25.3 Å². The van der Waals surface area contributed by atoms with Gasteiger partial charge in [0.15, 0.2) is 6.10 Å². The number of alkyl halides is 3. The minimum atomic E-state index is -4.60. The van der Waals surface area contributed by atoms with Crippen molar-refractivity contribution in [2.24, 2.45) is 5.73 Å². The van der Waals surface area contributed by atoms with Crippen LogP contribution in [0.25, 0.3) is 22.0 Å². The van der Waals surface area contributed by atoms with Gasteiger partial charge in [-0.15, -0.1) is 0 Å². The maximum Gasteiger partial charge on any atom is 0.417 e. The van der Waals surface area contributed by atoms with Crippen molar-refractivity contribution in [2.45, 2.75) is 31.3 Å². The Bertz CT molecular complexity index is 1370. The molecule has 0 saturated carbocycles. The van der Waals surface area contributed by atoms with Crippen LogP contribution in [0.4, 0.5) is 23.7 Å². The number of aliphatic hydroxyl groups is 1.